The third-order valence-corrected chi connectivity index (χ3v) is 2.74. The number of aryl methyl sites for hydroxylation is 1. The van der Waals surface area contributed by atoms with E-state index in [9.17, 15) is 0 Å². The largest absolute Gasteiger partial charge is 0.439 e. The molecular formula is C12H11Cl2NO. The number of hydrogen-bond donors (Lipinski definition) is 0. The quantitative estimate of drug-likeness (QED) is 0.733. The smallest absolute Gasteiger partial charge is 0.212 e. The summed E-state index contributed by atoms with van der Waals surface area (Å²) in [6.45, 7) is 3.80. The number of nitrogens with zero attached hydrogens (tertiary/aromatic N) is 1. The molecule has 0 radical (unpaired) electrons. The van der Waals surface area contributed by atoms with Crippen LogP contribution in [0.1, 0.15) is 23.8 Å². The maximum absolute atomic E-state index is 5.89. The topological polar surface area (TPSA) is 26.0 Å². The predicted octanol–water partition coefficient (Wildman–Crippen LogP) is 4.60. The summed E-state index contributed by atoms with van der Waals surface area (Å²) in [4.78, 5) is 4.12. The van der Waals surface area contributed by atoms with Crippen molar-refractivity contribution < 1.29 is 4.42 Å². The molecule has 0 aliphatic heterocycles. The summed E-state index contributed by atoms with van der Waals surface area (Å²) in [5, 5.41) is 0.494. The monoisotopic (exact) mass is 255 g/mol. The Hall–Kier alpha value is -0.990. The Morgan fingerprint density at radius 2 is 2.12 bits per heavy atom. The van der Waals surface area contributed by atoms with Gasteiger partial charge in [-0.05, 0) is 37.6 Å². The molecule has 2 aromatic rings. The summed E-state index contributed by atoms with van der Waals surface area (Å²) in [6, 6.07) is 5.64. The Balaban J connectivity index is 2.42. The molecule has 4 heteroatoms. The molecule has 84 valence electrons. The van der Waals surface area contributed by atoms with E-state index in [-0.39, 0.29) is 5.38 Å². The lowest BCUT2D eigenvalue weighted by Gasteiger charge is -2.02. The van der Waals surface area contributed by atoms with Gasteiger partial charge in [-0.25, -0.2) is 4.98 Å². The average molecular weight is 256 g/mol. The number of oxazole rings is 1. The fourth-order valence-corrected chi connectivity index (χ4v) is 1.83. The van der Waals surface area contributed by atoms with Crippen molar-refractivity contribution in [3.63, 3.8) is 0 Å². The molecule has 0 saturated heterocycles. The molecule has 1 atom stereocenters. The van der Waals surface area contributed by atoms with Gasteiger partial charge in [0.05, 0.1) is 6.20 Å². The second kappa shape index (κ2) is 4.48. The van der Waals surface area contributed by atoms with Crippen LogP contribution < -0.4 is 0 Å². The molecule has 0 bridgehead atoms. The maximum Gasteiger partial charge on any atom is 0.212 e. The lowest BCUT2D eigenvalue weighted by Crippen LogP contribution is -1.82. The van der Waals surface area contributed by atoms with Crippen LogP contribution in [-0.2, 0) is 0 Å². The number of rotatable bonds is 2. The first-order valence-electron chi connectivity index (χ1n) is 4.94. The molecule has 0 saturated carbocycles. The van der Waals surface area contributed by atoms with Crippen LogP contribution in [0.3, 0.4) is 0 Å². The van der Waals surface area contributed by atoms with E-state index < -0.39 is 0 Å². The maximum atomic E-state index is 5.89. The highest BCUT2D eigenvalue weighted by Gasteiger charge is 2.12. The lowest BCUT2D eigenvalue weighted by molar-refractivity contribution is 0.508. The summed E-state index contributed by atoms with van der Waals surface area (Å²) in [7, 11) is 0. The molecule has 16 heavy (non-hydrogen) atoms. The molecular weight excluding hydrogens is 245 g/mol. The fourth-order valence-electron chi connectivity index (χ4n) is 1.50. The zero-order chi connectivity index (χ0) is 11.7. The molecule has 0 aliphatic rings. The van der Waals surface area contributed by atoms with Crippen molar-refractivity contribution in [3.05, 3.63) is 40.9 Å². The number of hydrogen-bond acceptors (Lipinski definition) is 2. The van der Waals surface area contributed by atoms with Gasteiger partial charge in [0.25, 0.3) is 0 Å². The van der Waals surface area contributed by atoms with E-state index in [0.717, 1.165) is 16.9 Å². The van der Waals surface area contributed by atoms with Gasteiger partial charge in [-0.1, -0.05) is 11.6 Å². The van der Waals surface area contributed by atoms with Gasteiger partial charge in [0.1, 0.15) is 5.38 Å². The van der Waals surface area contributed by atoms with Gasteiger partial charge in [0.15, 0.2) is 5.76 Å². The van der Waals surface area contributed by atoms with E-state index in [1.54, 1.807) is 6.20 Å². The van der Waals surface area contributed by atoms with Crippen LogP contribution in [0.2, 0.25) is 5.02 Å². The zero-order valence-electron chi connectivity index (χ0n) is 9.00. The minimum Gasteiger partial charge on any atom is -0.439 e. The number of benzene rings is 1. The molecule has 1 aromatic heterocycles. The molecule has 2 nitrogen and oxygen atoms in total. The molecule has 2 rings (SSSR count). The predicted molar refractivity (Wildman–Crippen MR) is 66.0 cm³/mol. The van der Waals surface area contributed by atoms with Crippen LogP contribution in [0.4, 0.5) is 0 Å². The number of aromatic nitrogens is 1. The third-order valence-electron chi connectivity index (χ3n) is 2.32. The third kappa shape index (κ3) is 2.23. The highest BCUT2D eigenvalue weighted by Crippen LogP contribution is 2.29. The van der Waals surface area contributed by atoms with Gasteiger partial charge in [-0.15, -0.1) is 11.6 Å². The average Bonchev–Trinajstić information content (AvgIpc) is 2.66. The SMILES string of the molecule is Cc1cc(Cl)ccc1-c1cnc(C(C)Cl)o1. The van der Waals surface area contributed by atoms with E-state index >= 15 is 0 Å². The second-order valence-corrected chi connectivity index (χ2v) is 4.73. The molecule has 0 spiro atoms. The summed E-state index contributed by atoms with van der Waals surface area (Å²) in [5.74, 6) is 1.25. The number of alkyl halides is 1. The van der Waals surface area contributed by atoms with Crippen LogP contribution >= 0.6 is 23.2 Å². The van der Waals surface area contributed by atoms with Crippen LogP contribution in [0.5, 0.6) is 0 Å². The minimum absolute atomic E-state index is 0.221. The Labute approximate surface area is 104 Å². The van der Waals surface area contributed by atoms with E-state index in [2.05, 4.69) is 4.98 Å². The van der Waals surface area contributed by atoms with Crippen LogP contribution in [0.25, 0.3) is 11.3 Å². The highest BCUT2D eigenvalue weighted by molar-refractivity contribution is 6.30. The van der Waals surface area contributed by atoms with Crippen molar-refractivity contribution in [2.45, 2.75) is 19.2 Å². The Kier molecular flexibility index (Phi) is 3.22. The molecule has 0 aliphatic carbocycles. The molecule has 1 heterocycles. The van der Waals surface area contributed by atoms with Gasteiger partial charge in [0, 0.05) is 10.6 Å². The van der Waals surface area contributed by atoms with Gasteiger partial charge in [-0.3, -0.25) is 0 Å². The first kappa shape index (κ1) is 11.5. The van der Waals surface area contributed by atoms with E-state index in [1.807, 2.05) is 32.0 Å². The summed E-state index contributed by atoms with van der Waals surface area (Å²) >= 11 is 11.8. The second-order valence-electron chi connectivity index (χ2n) is 3.64. The van der Waals surface area contributed by atoms with Gasteiger partial charge in [-0.2, -0.15) is 0 Å². The number of halogens is 2. The van der Waals surface area contributed by atoms with Crippen LogP contribution in [-0.4, -0.2) is 4.98 Å². The Morgan fingerprint density at radius 1 is 1.38 bits per heavy atom. The van der Waals surface area contributed by atoms with Crippen molar-refractivity contribution in [3.8, 4) is 11.3 Å². The first-order valence-corrected chi connectivity index (χ1v) is 5.75. The molecule has 0 amide bonds. The van der Waals surface area contributed by atoms with Crippen molar-refractivity contribution in [2.75, 3.05) is 0 Å². The molecule has 1 unspecified atom stereocenters. The van der Waals surface area contributed by atoms with Crippen molar-refractivity contribution in [1.29, 1.82) is 0 Å². The van der Waals surface area contributed by atoms with Crippen molar-refractivity contribution >= 4 is 23.2 Å². The van der Waals surface area contributed by atoms with E-state index in [4.69, 9.17) is 27.6 Å². The summed E-state index contributed by atoms with van der Waals surface area (Å²) in [5.41, 5.74) is 2.04. The Bertz CT molecular complexity index is 505. The summed E-state index contributed by atoms with van der Waals surface area (Å²) in [6.07, 6.45) is 1.68. The fraction of sp³-hybridized carbons (Fsp3) is 0.250. The minimum atomic E-state index is -0.221. The highest BCUT2D eigenvalue weighted by atomic mass is 35.5. The first-order chi connectivity index (χ1) is 7.58. The van der Waals surface area contributed by atoms with Crippen molar-refractivity contribution in [2.24, 2.45) is 0 Å². The normalized spacial score (nSPS) is 12.8. The van der Waals surface area contributed by atoms with E-state index in [0.29, 0.717) is 10.9 Å². The van der Waals surface area contributed by atoms with Gasteiger partial charge in [0.2, 0.25) is 5.89 Å². The summed E-state index contributed by atoms with van der Waals surface area (Å²) < 4.78 is 5.57. The lowest BCUT2D eigenvalue weighted by atomic mass is 10.1. The van der Waals surface area contributed by atoms with Crippen LogP contribution in [0, 0.1) is 6.92 Å². The van der Waals surface area contributed by atoms with E-state index in [1.165, 1.54) is 0 Å². The Morgan fingerprint density at radius 3 is 2.69 bits per heavy atom. The van der Waals surface area contributed by atoms with Gasteiger partial charge >= 0.3 is 0 Å². The van der Waals surface area contributed by atoms with Crippen molar-refractivity contribution in [1.82, 2.24) is 4.98 Å². The molecule has 0 N–H and O–H groups in total. The standard InChI is InChI=1S/C12H11Cl2NO/c1-7-5-9(14)3-4-10(7)11-6-15-12(16-11)8(2)13/h3-6,8H,1-2H3. The zero-order valence-corrected chi connectivity index (χ0v) is 10.5. The van der Waals surface area contributed by atoms with Gasteiger partial charge < -0.3 is 4.42 Å². The molecule has 1 aromatic carbocycles. The van der Waals surface area contributed by atoms with Crippen LogP contribution in [0.15, 0.2) is 28.8 Å². The molecule has 0 fully saturated rings.